The number of benzene rings is 2. The zero-order valence-electron chi connectivity index (χ0n) is 11.9. The van der Waals surface area contributed by atoms with Gasteiger partial charge < -0.3 is 9.84 Å². The molecule has 0 unspecified atom stereocenters. The third kappa shape index (κ3) is 3.61. The predicted molar refractivity (Wildman–Crippen MR) is 74.7 cm³/mol. The molecule has 0 aromatic heterocycles. The van der Waals surface area contributed by atoms with Gasteiger partial charge >= 0.3 is 12.1 Å². The van der Waals surface area contributed by atoms with E-state index in [-0.39, 0.29) is 23.3 Å². The van der Waals surface area contributed by atoms with Crippen LogP contribution in [0.3, 0.4) is 0 Å². The smallest absolute Gasteiger partial charge is 0.419 e. The van der Waals surface area contributed by atoms with E-state index in [9.17, 15) is 22.4 Å². The minimum atomic E-state index is -4.83. The molecule has 0 radical (unpaired) electrons. The lowest BCUT2D eigenvalue weighted by molar-refractivity contribution is -0.140. The number of aliphatic carboxylic acids is 1. The van der Waals surface area contributed by atoms with E-state index in [1.54, 1.807) is 0 Å². The van der Waals surface area contributed by atoms with Crippen LogP contribution in [0.4, 0.5) is 17.6 Å². The van der Waals surface area contributed by atoms with Gasteiger partial charge in [0.05, 0.1) is 19.1 Å². The van der Waals surface area contributed by atoms with Crippen LogP contribution in [0.1, 0.15) is 11.1 Å². The summed E-state index contributed by atoms with van der Waals surface area (Å²) in [5.74, 6) is -2.38. The van der Waals surface area contributed by atoms with Crippen LogP contribution in [0.15, 0.2) is 36.4 Å². The normalized spacial score (nSPS) is 11.3. The number of halogens is 4. The molecule has 0 saturated heterocycles. The molecule has 0 amide bonds. The summed E-state index contributed by atoms with van der Waals surface area (Å²) in [6.45, 7) is 0. The second kappa shape index (κ2) is 6.28. The minimum absolute atomic E-state index is 0.0647. The van der Waals surface area contributed by atoms with Crippen molar-refractivity contribution in [3.63, 3.8) is 0 Å². The van der Waals surface area contributed by atoms with Crippen LogP contribution in [0.2, 0.25) is 0 Å². The van der Waals surface area contributed by atoms with Gasteiger partial charge in [0.25, 0.3) is 0 Å². The lowest BCUT2D eigenvalue weighted by Gasteiger charge is -2.14. The summed E-state index contributed by atoms with van der Waals surface area (Å²) in [7, 11) is 1.29. The van der Waals surface area contributed by atoms with Gasteiger partial charge in [-0.05, 0) is 23.8 Å². The molecule has 7 heteroatoms. The lowest BCUT2D eigenvalue weighted by atomic mass is 9.98. The molecular formula is C16H12F4O3. The third-order valence-electron chi connectivity index (χ3n) is 3.21. The molecule has 0 bridgehead atoms. The molecule has 0 heterocycles. The Hall–Kier alpha value is -2.57. The van der Waals surface area contributed by atoms with Crippen molar-refractivity contribution in [3.8, 4) is 16.9 Å². The number of ether oxygens (including phenoxy) is 1. The highest BCUT2D eigenvalue weighted by Crippen LogP contribution is 2.38. The summed E-state index contributed by atoms with van der Waals surface area (Å²) < 4.78 is 57.8. The molecule has 3 nitrogen and oxygen atoms in total. The van der Waals surface area contributed by atoms with Crippen LogP contribution in [0.25, 0.3) is 11.1 Å². The number of carboxylic acids is 1. The van der Waals surface area contributed by atoms with Crippen LogP contribution in [0.5, 0.6) is 5.75 Å². The van der Waals surface area contributed by atoms with E-state index in [0.29, 0.717) is 11.6 Å². The average molecular weight is 328 g/mol. The first kappa shape index (κ1) is 16.8. The summed E-state index contributed by atoms with van der Waals surface area (Å²) >= 11 is 0. The maximum absolute atomic E-state index is 14.3. The molecule has 2 aromatic rings. The summed E-state index contributed by atoms with van der Waals surface area (Å²) in [5, 5.41) is 8.81. The van der Waals surface area contributed by atoms with Gasteiger partial charge in [-0.3, -0.25) is 4.79 Å². The van der Waals surface area contributed by atoms with Crippen LogP contribution in [-0.4, -0.2) is 18.2 Å². The Morgan fingerprint density at radius 2 is 1.87 bits per heavy atom. The second-order valence-electron chi connectivity index (χ2n) is 4.77. The minimum Gasteiger partial charge on any atom is -0.496 e. The SMILES string of the molecule is COc1ccc(CC(=O)O)cc1-c1cccc(C(F)(F)F)c1F. The van der Waals surface area contributed by atoms with Crippen LogP contribution < -0.4 is 4.74 Å². The van der Waals surface area contributed by atoms with Gasteiger partial charge in [0, 0.05) is 11.1 Å². The largest absolute Gasteiger partial charge is 0.496 e. The fourth-order valence-electron chi connectivity index (χ4n) is 2.21. The molecule has 122 valence electrons. The number of carbonyl (C=O) groups is 1. The molecule has 2 aromatic carbocycles. The molecule has 0 spiro atoms. The van der Waals surface area contributed by atoms with Gasteiger partial charge in [-0.15, -0.1) is 0 Å². The van der Waals surface area contributed by atoms with Crippen molar-refractivity contribution >= 4 is 5.97 Å². The molecule has 0 aliphatic carbocycles. The Kier molecular flexibility index (Phi) is 4.58. The number of alkyl halides is 3. The Morgan fingerprint density at radius 1 is 1.17 bits per heavy atom. The van der Waals surface area contributed by atoms with Gasteiger partial charge in [0.2, 0.25) is 0 Å². The molecular weight excluding hydrogens is 316 g/mol. The molecule has 23 heavy (non-hydrogen) atoms. The van der Waals surface area contributed by atoms with E-state index in [1.165, 1.54) is 31.4 Å². The second-order valence-corrected chi connectivity index (χ2v) is 4.77. The molecule has 0 aliphatic heterocycles. The van der Waals surface area contributed by atoms with Gasteiger partial charge in [-0.2, -0.15) is 13.2 Å². The highest BCUT2D eigenvalue weighted by molar-refractivity contribution is 5.75. The fraction of sp³-hybridized carbons (Fsp3) is 0.188. The maximum Gasteiger partial charge on any atom is 0.419 e. The third-order valence-corrected chi connectivity index (χ3v) is 3.21. The Labute approximate surface area is 129 Å². The number of methoxy groups -OCH3 is 1. The van der Waals surface area contributed by atoms with E-state index in [4.69, 9.17) is 9.84 Å². The van der Waals surface area contributed by atoms with Gasteiger partial charge in [0.15, 0.2) is 0 Å². The first-order valence-electron chi connectivity index (χ1n) is 6.49. The average Bonchev–Trinajstić information content (AvgIpc) is 2.45. The molecule has 2 rings (SSSR count). The first-order chi connectivity index (χ1) is 10.7. The number of rotatable bonds is 4. The van der Waals surface area contributed by atoms with Gasteiger partial charge in [0.1, 0.15) is 11.6 Å². The number of carboxylic acid groups (broad SMARTS) is 1. The molecule has 0 fully saturated rings. The highest BCUT2D eigenvalue weighted by atomic mass is 19.4. The van der Waals surface area contributed by atoms with Crippen molar-refractivity contribution in [2.75, 3.05) is 7.11 Å². The van der Waals surface area contributed by atoms with E-state index >= 15 is 0 Å². The monoisotopic (exact) mass is 328 g/mol. The summed E-state index contributed by atoms with van der Waals surface area (Å²) in [6, 6.07) is 7.09. The Bertz CT molecular complexity index is 739. The van der Waals surface area contributed by atoms with Gasteiger partial charge in [-0.1, -0.05) is 18.2 Å². The zero-order chi connectivity index (χ0) is 17.2. The van der Waals surface area contributed by atoms with Crippen molar-refractivity contribution in [2.24, 2.45) is 0 Å². The topological polar surface area (TPSA) is 46.5 Å². The quantitative estimate of drug-likeness (QED) is 0.858. The van der Waals surface area contributed by atoms with E-state index in [1.807, 2.05) is 0 Å². The molecule has 0 aliphatic rings. The lowest BCUT2D eigenvalue weighted by Crippen LogP contribution is -2.09. The van der Waals surface area contributed by atoms with Gasteiger partial charge in [-0.25, -0.2) is 4.39 Å². The number of hydrogen-bond donors (Lipinski definition) is 1. The summed E-state index contributed by atoms with van der Waals surface area (Å²) in [5.41, 5.74) is -1.30. The highest BCUT2D eigenvalue weighted by Gasteiger charge is 2.35. The summed E-state index contributed by atoms with van der Waals surface area (Å²) in [4.78, 5) is 10.8. The maximum atomic E-state index is 14.3. The van der Waals surface area contributed by atoms with Crippen LogP contribution in [0, 0.1) is 5.82 Å². The molecule has 0 atom stereocenters. The van der Waals surface area contributed by atoms with Crippen LogP contribution in [-0.2, 0) is 17.4 Å². The standard InChI is InChI=1S/C16H12F4O3/c1-23-13-6-5-9(8-14(21)22)7-11(13)10-3-2-4-12(15(10)17)16(18,19)20/h2-7H,8H2,1H3,(H,21,22). The van der Waals surface area contributed by atoms with Crippen molar-refractivity contribution in [2.45, 2.75) is 12.6 Å². The Morgan fingerprint density at radius 3 is 2.43 bits per heavy atom. The van der Waals surface area contributed by atoms with E-state index in [2.05, 4.69) is 0 Å². The fourth-order valence-corrected chi connectivity index (χ4v) is 2.21. The van der Waals surface area contributed by atoms with Crippen molar-refractivity contribution in [1.29, 1.82) is 0 Å². The number of hydrogen-bond acceptors (Lipinski definition) is 2. The molecule has 1 N–H and O–H groups in total. The Balaban J connectivity index is 2.63. The molecule has 0 saturated carbocycles. The van der Waals surface area contributed by atoms with Crippen molar-refractivity contribution in [3.05, 3.63) is 53.3 Å². The van der Waals surface area contributed by atoms with E-state index in [0.717, 1.165) is 6.07 Å². The summed E-state index contributed by atoms with van der Waals surface area (Å²) in [6.07, 6.45) is -5.16. The van der Waals surface area contributed by atoms with Crippen molar-refractivity contribution < 1.29 is 32.2 Å². The van der Waals surface area contributed by atoms with Crippen molar-refractivity contribution in [1.82, 2.24) is 0 Å². The first-order valence-corrected chi connectivity index (χ1v) is 6.49. The van der Waals surface area contributed by atoms with E-state index < -0.39 is 23.5 Å². The van der Waals surface area contributed by atoms with Crippen LogP contribution >= 0.6 is 0 Å². The zero-order valence-corrected chi connectivity index (χ0v) is 11.9. The predicted octanol–water partition coefficient (Wildman–Crippen LogP) is 4.15.